The van der Waals surface area contributed by atoms with E-state index in [1.165, 1.54) is 19.1 Å². The molecule has 2 aromatic carbocycles. The van der Waals surface area contributed by atoms with Crippen molar-refractivity contribution in [1.29, 1.82) is 0 Å². The molecule has 0 aliphatic carbocycles. The van der Waals surface area contributed by atoms with Gasteiger partial charge in [-0.2, -0.15) is 0 Å². The molecular weight excluding hydrogens is 528 g/mol. The van der Waals surface area contributed by atoms with Gasteiger partial charge in [0.1, 0.15) is 18.3 Å². The molecule has 12 nitrogen and oxygen atoms in total. The van der Waals surface area contributed by atoms with Crippen LogP contribution >= 0.6 is 0 Å². The molecule has 5 atom stereocenters. The molecule has 224 valence electrons. The predicted octanol–water partition coefficient (Wildman–Crippen LogP) is 0.0315. The number of aromatic hydroxyl groups is 1. The molecule has 0 aromatic heterocycles. The second-order valence-corrected chi connectivity index (χ2v) is 10.6. The number of hydrogen-bond donors (Lipinski definition) is 5. The Morgan fingerprint density at radius 1 is 0.902 bits per heavy atom. The molecule has 2 unspecified atom stereocenters. The number of carbonyl (C=O) groups excluding carboxylic acids is 4. The van der Waals surface area contributed by atoms with Crippen LogP contribution in [0.3, 0.4) is 0 Å². The standard InChI is InChI=1S/C29H42N6O6/c1-19(34(3)4)17-31-29(40)25(16-21-9-7-6-8-10-21)35(5,41)26(37)18-32-27(38)20(2)33-28(39)24(30)15-22-11-13-23(36)14-12-22/h6-14,19-20,24-25,36H,15-18,30H2,1-5H3,(H,31,40)(H,32,38)(H,33,39)/t19?,20-,24+,25+,35?/m1/s1. The van der Waals surface area contributed by atoms with E-state index in [1.807, 2.05) is 32.0 Å². The van der Waals surface area contributed by atoms with Gasteiger partial charge in [-0.05, 0) is 57.6 Å². The molecule has 2 rings (SSSR count). The van der Waals surface area contributed by atoms with Gasteiger partial charge in [-0.3, -0.25) is 19.0 Å². The number of nitrogens with two attached hydrogens (primary N) is 1. The Morgan fingerprint density at radius 2 is 1.49 bits per heavy atom. The fraction of sp³-hybridized carbons (Fsp3) is 0.448. The normalized spacial score (nSPS) is 15.6. The van der Waals surface area contributed by atoms with Gasteiger partial charge in [-0.25, -0.2) is 4.79 Å². The van der Waals surface area contributed by atoms with E-state index < -0.39 is 52.9 Å². The highest BCUT2D eigenvalue weighted by atomic mass is 16.6. The zero-order valence-corrected chi connectivity index (χ0v) is 24.3. The predicted molar refractivity (Wildman–Crippen MR) is 155 cm³/mol. The van der Waals surface area contributed by atoms with Gasteiger partial charge in [-0.15, -0.1) is 0 Å². The molecule has 0 fully saturated rings. The van der Waals surface area contributed by atoms with E-state index in [1.54, 1.807) is 36.4 Å². The molecule has 0 heterocycles. The van der Waals surface area contributed by atoms with Crippen molar-refractivity contribution in [3.63, 3.8) is 0 Å². The highest BCUT2D eigenvalue weighted by molar-refractivity contribution is 5.91. The van der Waals surface area contributed by atoms with E-state index in [0.29, 0.717) is 5.56 Å². The molecule has 12 heteroatoms. The van der Waals surface area contributed by atoms with Crippen LogP contribution in [0.5, 0.6) is 5.75 Å². The number of benzene rings is 2. The van der Waals surface area contributed by atoms with Crippen LogP contribution in [-0.4, -0.2) is 96.7 Å². The van der Waals surface area contributed by atoms with Crippen molar-refractivity contribution < 1.29 is 28.9 Å². The Balaban J connectivity index is 2.00. The summed E-state index contributed by atoms with van der Waals surface area (Å²) >= 11 is 0. The van der Waals surface area contributed by atoms with Crippen molar-refractivity contribution in [3.05, 3.63) is 70.9 Å². The van der Waals surface area contributed by atoms with E-state index in [0.717, 1.165) is 12.6 Å². The summed E-state index contributed by atoms with van der Waals surface area (Å²) < 4.78 is -1.53. The lowest BCUT2D eigenvalue weighted by molar-refractivity contribution is -0.800. The minimum Gasteiger partial charge on any atom is -0.625 e. The third-order valence-electron chi connectivity index (χ3n) is 7.01. The van der Waals surface area contributed by atoms with Crippen LogP contribution in [0, 0.1) is 5.21 Å². The second kappa shape index (κ2) is 15.2. The Labute approximate surface area is 241 Å². The van der Waals surface area contributed by atoms with Crippen molar-refractivity contribution in [1.82, 2.24) is 20.9 Å². The lowest BCUT2D eigenvalue weighted by Crippen LogP contribution is -2.62. The number of rotatable bonds is 14. The SMILES string of the molecule is CC(CNC(=O)[C@H](Cc1ccccc1)[N+](C)([O-])C(=O)CNC(=O)[C@@H](C)NC(=O)[C@@H](N)Cc1ccc(O)cc1)N(C)C. The van der Waals surface area contributed by atoms with Gasteiger partial charge < -0.3 is 36.9 Å². The fourth-order valence-corrected chi connectivity index (χ4v) is 3.89. The maximum Gasteiger partial charge on any atom is 0.333 e. The first-order valence-electron chi connectivity index (χ1n) is 13.4. The van der Waals surface area contributed by atoms with E-state index >= 15 is 0 Å². The maximum atomic E-state index is 13.6. The Bertz CT molecular complexity index is 1170. The number of amides is 4. The minimum atomic E-state index is -1.53. The third kappa shape index (κ3) is 10.3. The Kier molecular flexibility index (Phi) is 12.4. The van der Waals surface area contributed by atoms with Crippen molar-refractivity contribution in [2.75, 3.05) is 34.2 Å². The number of quaternary nitrogens is 1. The molecule has 0 spiro atoms. The van der Waals surface area contributed by atoms with Crippen LogP contribution in [-0.2, 0) is 32.0 Å². The number of nitrogens with one attached hydrogen (secondary N) is 3. The highest BCUT2D eigenvalue weighted by Gasteiger charge is 2.38. The largest absolute Gasteiger partial charge is 0.625 e. The van der Waals surface area contributed by atoms with Crippen LogP contribution in [0.2, 0.25) is 0 Å². The molecule has 0 saturated carbocycles. The number of likely N-dealkylation sites (N-methyl/N-ethyl adjacent to an activating group) is 2. The summed E-state index contributed by atoms with van der Waals surface area (Å²) in [5.74, 6) is -2.67. The van der Waals surface area contributed by atoms with E-state index in [9.17, 15) is 29.5 Å². The van der Waals surface area contributed by atoms with Crippen LogP contribution in [0.4, 0.5) is 0 Å². The van der Waals surface area contributed by atoms with E-state index in [2.05, 4.69) is 16.0 Å². The monoisotopic (exact) mass is 570 g/mol. The van der Waals surface area contributed by atoms with Crippen molar-refractivity contribution in [2.24, 2.45) is 5.73 Å². The molecule has 0 bridgehead atoms. The number of carbonyl (C=O) groups is 4. The smallest absolute Gasteiger partial charge is 0.333 e. The fourth-order valence-electron chi connectivity index (χ4n) is 3.89. The average molecular weight is 571 g/mol. The molecule has 0 radical (unpaired) electrons. The minimum absolute atomic E-state index is 0.00243. The van der Waals surface area contributed by atoms with Crippen LogP contribution in [0.15, 0.2) is 54.6 Å². The van der Waals surface area contributed by atoms with Crippen molar-refractivity contribution in [3.8, 4) is 5.75 Å². The van der Waals surface area contributed by atoms with Gasteiger partial charge in [-0.1, -0.05) is 42.5 Å². The van der Waals surface area contributed by atoms with Crippen LogP contribution in [0.25, 0.3) is 0 Å². The first-order valence-corrected chi connectivity index (χ1v) is 13.4. The first kappa shape index (κ1) is 33.4. The van der Waals surface area contributed by atoms with Crippen molar-refractivity contribution in [2.45, 2.75) is 50.9 Å². The second-order valence-electron chi connectivity index (χ2n) is 10.6. The van der Waals surface area contributed by atoms with Gasteiger partial charge >= 0.3 is 5.91 Å². The third-order valence-corrected chi connectivity index (χ3v) is 7.01. The van der Waals surface area contributed by atoms with Crippen molar-refractivity contribution >= 4 is 23.6 Å². The molecular formula is C29H42N6O6. The average Bonchev–Trinajstić information content (AvgIpc) is 2.94. The van der Waals surface area contributed by atoms with Gasteiger partial charge in [0, 0.05) is 19.0 Å². The number of phenolic OH excluding ortho intramolecular Hbond substituents is 1. The Morgan fingerprint density at radius 3 is 2.07 bits per heavy atom. The number of phenols is 1. The van der Waals surface area contributed by atoms with Gasteiger partial charge in [0.05, 0.1) is 13.1 Å². The van der Waals surface area contributed by atoms with Gasteiger partial charge in [0.25, 0.3) is 5.91 Å². The molecule has 41 heavy (non-hydrogen) atoms. The summed E-state index contributed by atoms with van der Waals surface area (Å²) in [4.78, 5) is 53.2. The zero-order valence-electron chi connectivity index (χ0n) is 24.3. The zero-order chi connectivity index (χ0) is 30.7. The summed E-state index contributed by atoms with van der Waals surface area (Å²) in [6, 6.07) is 11.9. The molecule has 0 aliphatic rings. The molecule has 0 saturated heterocycles. The lowest BCUT2D eigenvalue weighted by Gasteiger charge is -2.42. The number of nitrogens with zero attached hydrogens (tertiary/aromatic N) is 2. The molecule has 4 amide bonds. The Hall–Kier alpha value is -3.84. The first-order chi connectivity index (χ1) is 19.2. The summed E-state index contributed by atoms with van der Waals surface area (Å²) in [5.41, 5.74) is 7.40. The summed E-state index contributed by atoms with van der Waals surface area (Å²) in [6.45, 7) is 2.99. The van der Waals surface area contributed by atoms with E-state index in [4.69, 9.17) is 5.73 Å². The molecule has 2 aromatic rings. The van der Waals surface area contributed by atoms with Crippen LogP contribution in [0.1, 0.15) is 25.0 Å². The number of hydroxylamine groups is 3. The topological polar surface area (TPSA) is 177 Å². The number of hydrogen-bond acceptors (Lipinski definition) is 8. The quantitative estimate of drug-likeness (QED) is 0.156. The highest BCUT2D eigenvalue weighted by Crippen LogP contribution is 2.16. The summed E-state index contributed by atoms with van der Waals surface area (Å²) in [7, 11) is 4.83. The maximum absolute atomic E-state index is 13.6. The summed E-state index contributed by atoms with van der Waals surface area (Å²) in [5, 5.41) is 30.7. The van der Waals surface area contributed by atoms with Gasteiger partial charge in [0.2, 0.25) is 11.8 Å². The molecule has 0 aliphatic heterocycles. The van der Waals surface area contributed by atoms with Crippen LogP contribution < -0.4 is 21.7 Å². The van der Waals surface area contributed by atoms with E-state index in [-0.39, 0.29) is 31.2 Å². The lowest BCUT2D eigenvalue weighted by atomic mass is 10.0. The van der Waals surface area contributed by atoms with Gasteiger partial charge in [0.15, 0.2) is 6.04 Å². The molecule has 6 N–H and O–H groups in total. The summed E-state index contributed by atoms with van der Waals surface area (Å²) in [6.07, 6.45) is 0.206.